The van der Waals surface area contributed by atoms with E-state index in [2.05, 4.69) is 105 Å². The fourth-order valence-corrected chi connectivity index (χ4v) is 6.58. The SMILES string of the molecule is C[C@@H]1N[C@@H]([C@H](OCc2ccccc2)[C@H](Cc2cccc(Br)c2)N(Cc2ccccc2)Cc2ccccc2)CO[C@H]1OCC(C)(CF)CF. The summed E-state index contributed by atoms with van der Waals surface area (Å²) in [5.41, 5.74) is 3.52. The number of benzene rings is 4. The summed E-state index contributed by atoms with van der Waals surface area (Å²) in [4.78, 5) is 2.52. The summed E-state index contributed by atoms with van der Waals surface area (Å²) < 4.78 is 47.4. The Hall–Kier alpha value is -2.98. The highest BCUT2D eigenvalue weighted by molar-refractivity contribution is 9.10. The zero-order chi connectivity index (χ0) is 33.8. The van der Waals surface area contributed by atoms with Crippen molar-refractivity contribution in [3.63, 3.8) is 0 Å². The number of nitrogens with one attached hydrogen (secondary N) is 1. The Labute approximate surface area is 292 Å². The van der Waals surface area contributed by atoms with Gasteiger partial charge in [-0.3, -0.25) is 13.7 Å². The minimum absolute atomic E-state index is 0.0667. The molecule has 0 aliphatic carbocycles. The van der Waals surface area contributed by atoms with Gasteiger partial charge in [0.1, 0.15) is 0 Å². The Balaban J connectivity index is 1.49. The molecule has 256 valence electrons. The average Bonchev–Trinajstić information content (AvgIpc) is 3.12. The zero-order valence-electron chi connectivity index (χ0n) is 27.8. The van der Waals surface area contributed by atoms with E-state index < -0.39 is 25.1 Å². The average molecular weight is 722 g/mol. The van der Waals surface area contributed by atoms with E-state index in [0.717, 1.165) is 29.5 Å². The Morgan fingerprint density at radius 2 is 1.40 bits per heavy atom. The summed E-state index contributed by atoms with van der Waals surface area (Å²) in [6, 6.07) is 39.3. The van der Waals surface area contributed by atoms with Crippen LogP contribution in [0.3, 0.4) is 0 Å². The summed E-state index contributed by atoms with van der Waals surface area (Å²) in [7, 11) is 0. The summed E-state index contributed by atoms with van der Waals surface area (Å²) in [6.45, 7) is 4.06. The molecule has 0 saturated carbocycles. The van der Waals surface area contributed by atoms with Crippen LogP contribution in [0, 0.1) is 5.41 Å². The van der Waals surface area contributed by atoms with Crippen molar-refractivity contribution in [2.24, 2.45) is 5.41 Å². The first-order valence-corrected chi connectivity index (χ1v) is 17.5. The van der Waals surface area contributed by atoms with E-state index in [0.29, 0.717) is 13.2 Å². The van der Waals surface area contributed by atoms with Crippen LogP contribution in [0.25, 0.3) is 0 Å². The van der Waals surface area contributed by atoms with Crippen molar-refractivity contribution in [1.29, 1.82) is 0 Å². The summed E-state index contributed by atoms with van der Waals surface area (Å²) >= 11 is 3.69. The van der Waals surface area contributed by atoms with Gasteiger partial charge in [0.05, 0.1) is 51.4 Å². The number of alkyl halides is 2. The molecule has 0 amide bonds. The lowest BCUT2D eigenvalue weighted by Crippen LogP contribution is -2.63. The van der Waals surface area contributed by atoms with Crippen molar-refractivity contribution in [2.45, 2.75) is 70.5 Å². The number of ether oxygens (including phenoxy) is 3. The van der Waals surface area contributed by atoms with Crippen LogP contribution < -0.4 is 5.32 Å². The maximum Gasteiger partial charge on any atom is 0.172 e. The van der Waals surface area contributed by atoms with Gasteiger partial charge in [-0.05, 0) is 47.7 Å². The van der Waals surface area contributed by atoms with Crippen LogP contribution in [-0.2, 0) is 40.3 Å². The number of nitrogens with zero attached hydrogens (tertiary/aromatic N) is 1. The van der Waals surface area contributed by atoms with E-state index in [1.165, 1.54) is 16.7 Å². The molecule has 1 saturated heterocycles. The second-order valence-electron chi connectivity index (χ2n) is 13.2. The van der Waals surface area contributed by atoms with E-state index >= 15 is 0 Å². The van der Waals surface area contributed by atoms with Gasteiger partial charge in [0.2, 0.25) is 0 Å². The minimum Gasteiger partial charge on any atom is -0.370 e. The highest BCUT2D eigenvalue weighted by Crippen LogP contribution is 2.28. The summed E-state index contributed by atoms with van der Waals surface area (Å²) in [5.74, 6) is 0. The zero-order valence-corrected chi connectivity index (χ0v) is 29.4. The van der Waals surface area contributed by atoms with Gasteiger partial charge in [-0.25, -0.2) is 0 Å². The van der Waals surface area contributed by atoms with Crippen LogP contribution in [0.2, 0.25) is 0 Å². The van der Waals surface area contributed by atoms with E-state index in [9.17, 15) is 8.78 Å². The van der Waals surface area contributed by atoms with Crippen LogP contribution in [0.15, 0.2) is 120 Å². The molecule has 1 aliphatic rings. The molecule has 0 bridgehead atoms. The van der Waals surface area contributed by atoms with Crippen molar-refractivity contribution in [2.75, 3.05) is 26.6 Å². The fourth-order valence-electron chi connectivity index (χ4n) is 6.13. The predicted molar refractivity (Wildman–Crippen MR) is 191 cm³/mol. The number of halogens is 3. The summed E-state index contributed by atoms with van der Waals surface area (Å²) in [6.07, 6.45) is -0.208. The van der Waals surface area contributed by atoms with Crippen molar-refractivity contribution in [1.82, 2.24) is 10.2 Å². The monoisotopic (exact) mass is 720 g/mol. The van der Waals surface area contributed by atoms with Crippen LogP contribution in [-0.4, -0.2) is 62.0 Å². The molecule has 1 aliphatic heterocycles. The lowest BCUT2D eigenvalue weighted by atomic mass is 9.92. The van der Waals surface area contributed by atoms with Crippen molar-refractivity contribution in [3.8, 4) is 0 Å². The second-order valence-corrected chi connectivity index (χ2v) is 14.1. The first kappa shape index (κ1) is 36.3. The Morgan fingerprint density at radius 1 is 0.833 bits per heavy atom. The fraction of sp³-hybridized carbons (Fsp3) is 0.400. The quantitative estimate of drug-likeness (QED) is 0.119. The van der Waals surface area contributed by atoms with Gasteiger partial charge in [0.15, 0.2) is 6.29 Å². The molecule has 5 rings (SSSR count). The molecule has 8 heteroatoms. The van der Waals surface area contributed by atoms with Gasteiger partial charge < -0.3 is 19.5 Å². The van der Waals surface area contributed by atoms with E-state index in [-0.39, 0.29) is 30.8 Å². The highest BCUT2D eigenvalue weighted by atomic mass is 79.9. The second kappa shape index (κ2) is 18.1. The molecule has 0 radical (unpaired) electrons. The molecule has 5 atom stereocenters. The van der Waals surface area contributed by atoms with Crippen LogP contribution in [0.5, 0.6) is 0 Å². The predicted octanol–water partition coefficient (Wildman–Crippen LogP) is 8.31. The maximum atomic E-state index is 13.6. The molecule has 5 nitrogen and oxygen atoms in total. The molecule has 4 aromatic carbocycles. The molecule has 0 spiro atoms. The molecule has 4 aromatic rings. The third-order valence-electron chi connectivity index (χ3n) is 8.89. The Kier molecular flexibility index (Phi) is 13.7. The number of rotatable bonds is 17. The van der Waals surface area contributed by atoms with Gasteiger partial charge in [0, 0.05) is 29.0 Å². The molecule has 0 unspecified atom stereocenters. The van der Waals surface area contributed by atoms with E-state index in [4.69, 9.17) is 14.2 Å². The van der Waals surface area contributed by atoms with Crippen LogP contribution in [0.1, 0.15) is 36.1 Å². The maximum absolute atomic E-state index is 13.6. The van der Waals surface area contributed by atoms with Crippen molar-refractivity contribution in [3.05, 3.63) is 142 Å². The Morgan fingerprint density at radius 3 is 1.94 bits per heavy atom. The third-order valence-corrected chi connectivity index (χ3v) is 9.38. The molecular formula is C40H47BrF2N2O3. The number of hydrogen-bond donors (Lipinski definition) is 1. The minimum atomic E-state index is -1.19. The summed E-state index contributed by atoms with van der Waals surface area (Å²) in [5, 5.41) is 3.74. The Bertz CT molecular complexity index is 1450. The largest absolute Gasteiger partial charge is 0.370 e. The van der Waals surface area contributed by atoms with Crippen LogP contribution in [0.4, 0.5) is 8.78 Å². The standard InChI is InChI=1S/C40H47BrF2N2O3/c1-30-39(48-29-40(2,27-42)28-43)47-26-36(44-30)38(46-25-33-17-10-5-11-18-33)37(22-34-19-12-20-35(41)21-34)45(23-31-13-6-3-7-14-31)24-32-15-8-4-9-16-32/h3-21,30,36-39,44H,22-29H2,1-2H3/t30-,36+,37-,38-,39-/m0/s1. The molecule has 1 fully saturated rings. The first-order valence-electron chi connectivity index (χ1n) is 16.7. The highest BCUT2D eigenvalue weighted by Gasteiger charge is 2.40. The first-order chi connectivity index (χ1) is 23.4. The van der Waals surface area contributed by atoms with Gasteiger partial charge >= 0.3 is 0 Å². The van der Waals surface area contributed by atoms with E-state index in [1.54, 1.807) is 6.92 Å². The molecule has 48 heavy (non-hydrogen) atoms. The lowest BCUT2D eigenvalue weighted by molar-refractivity contribution is -0.210. The van der Waals surface area contributed by atoms with Crippen molar-refractivity contribution < 1.29 is 23.0 Å². The van der Waals surface area contributed by atoms with Gasteiger partial charge in [-0.2, -0.15) is 0 Å². The van der Waals surface area contributed by atoms with Gasteiger partial charge in [0.25, 0.3) is 0 Å². The molecule has 1 heterocycles. The smallest absolute Gasteiger partial charge is 0.172 e. The molecule has 1 N–H and O–H groups in total. The molecular weight excluding hydrogens is 674 g/mol. The normalized spacial score (nSPS) is 19.7. The van der Waals surface area contributed by atoms with Gasteiger partial charge in [-0.1, -0.05) is 126 Å². The lowest BCUT2D eigenvalue weighted by Gasteiger charge is -2.45. The third kappa shape index (κ3) is 10.5. The number of morpholine rings is 1. The van der Waals surface area contributed by atoms with E-state index in [1.807, 2.05) is 43.3 Å². The number of hydrogen-bond acceptors (Lipinski definition) is 5. The topological polar surface area (TPSA) is 43.0 Å². The van der Waals surface area contributed by atoms with Crippen molar-refractivity contribution >= 4 is 15.9 Å². The molecule has 0 aromatic heterocycles. The van der Waals surface area contributed by atoms with Crippen LogP contribution >= 0.6 is 15.9 Å². The van der Waals surface area contributed by atoms with Gasteiger partial charge in [-0.15, -0.1) is 0 Å².